The zero-order chi connectivity index (χ0) is 25.6. The summed E-state index contributed by atoms with van der Waals surface area (Å²) in [4.78, 5) is 11.2. The number of carboxylic acid groups (broad SMARTS) is 1. The summed E-state index contributed by atoms with van der Waals surface area (Å²) >= 11 is 0. The fourth-order valence-electron chi connectivity index (χ4n) is 4.34. The number of halogens is 1. The third-order valence-corrected chi connectivity index (χ3v) is 6.17. The fraction of sp³-hybridized carbons (Fsp3) is 0.367. The van der Waals surface area contributed by atoms with Gasteiger partial charge in [0.1, 0.15) is 23.9 Å². The van der Waals surface area contributed by atoms with E-state index in [1.165, 1.54) is 6.07 Å². The van der Waals surface area contributed by atoms with Gasteiger partial charge in [-0.2, -0.15) is 0 Å². The molecule has 0 aliphatic carbocycles. The van der Waals surface area contributed by atoms with E-state index >= 15 is 0 Å². The molecule has 0 saturated heterocycles. The number of hydrogen-bond acceptors (Lipinski definition) is 3. The SMILES string of the molecule is CCC[C@@H](CC(=O)O)c1ccc(OCc2ccc(C(C)(C)C)c(-c3cc(OC)ccc3F)c2)cc1. The highest BCUT2D eigenvalue weighted by Crippen LogP contribution is 2.37. The van der Waals surface area contributed by atoms with Gasteiger partial charge in [0.05, 0.1) is 13.5 Å². The minimum atomic E-state index is -0.786. The van der Waals surface area contributed by atoms with E-state index in [2.05, 4.69) is 27.7 Å². The van der Waals surface area contributed by atoms with Crippen molar-refractivity contribution >= 4 is 5.97 Å². The van der Waals surface area contributed by atoms with Gasteiger partial charge in [0.25, 0.3) is 0 Å². The summed E-state index contributed by atoms with van der Waals surface area (Å²) in [7, 11) is 1.57. The van der Waals surface area contributed by atoms with Gasteiger partial charge >= 0.3 is 5.97 Å². The van der Waals surface area contributed by atoms with E-state index in [4.69, 9.17) is 9.47 Å². The van der Waals surface area contributed by atoms with Crippen LogP contribution in [0.4, 0.5) is 4.39 Å². The van der Waals surface area contributed by atoms with Crippen LogP contribution in [0, 0.1) is 5.82 Å². The van der Waals surface area contributed by atoms with Crippen molar-refractivity contribution < 1.29 is 23.8 Å². The van der Waals surface area contributed by atoms with Crippen molar-refractivity contribution in [3.8, 4) is 22.6 Å². The molecule has 1 N–H and O–H groups in total. The minimum Gasteiger partial charge on any atom is -0.497 e. The number of benzene rings is 3. The Morgan fingerprint density at radius 1 is 0.971 bits per heavy atom. The quantitative estimate of drug-likeness (QED) is 0.324. The monoisotopic (exact) mass is 478 g/mol. The first-order valence-electron chi connectivity index (χ1n) is 12.0. The molecule has 1 atom stereocenters. The highest BCUT2D eigenvalue weighted by molar-refractivity contribution is 5.71. The lowest BCUT2D eigenvalue weighted by molar-refractivity contribution is -0.137. The number of carboxylic acids is 1. The van der Waals surface area contributed by atoms with Gasteiger partial charge in [0.15, 0.2) is 0 Å². The highest BCUT2D eigenvalue weighted by Gasteiger charge is 2.21. The van der Waals surface area contributed by atoms with Crippen molar-refractivity contribution in [1.82, 2.24) is 0 Å². The molecule has 4 nitrogen and oxygen atoms in total. The van der Waals surface area contributed by atoms with Crippen molar-refractivity contribution in [2.45, 2.75) is 64.9 Å². The Kier molecular flexibility index (Phi) is 8.55. The fourth-order valence-corrected chi connectivity index (χ4v) is 4.34. The van der Waals surface area contributed by atoms with Gasteiger partial charge in [-0.1, -0.05) is 58.4 Å². The maximum Gasteiger partial charge on any atom is 0.303 e. The van der Waals surface area contributed by atoms with Crippen LogP contribution in [0.5, 0.6) is 11.5 Å². The van der Waals surface area contributed by atoms with Gasteiger partial charge in [-0.25, -0.2) is 4.39 Å². The molecule has 3 aromatic rings. The van der Waals surface area contributed by atoms with Gasteiger partial charge in [-0.15, -0.1) is 0 Å². The van der Waals surface area contributed by atoms with Crippen LogP contribution in [0.1, 0.15) is 69.6 Å². The molecule has 0 bridgehead atoms. The first-order chi connectivity index (χ1) is 16.6. The number of aliphatic carboxylic acids is 1. The maximum atomic E-state index is 14.9. The molecule has 0 unspecified atom stereocenters. The van der Waals surface area contributed by atoms with Gasteiger partial charge in [0, 0.05) is 5.56 Å². The van der Waals surface area contributed by atoms with Crippen molar-refractivity contribution in [1.29, 1.82) is 0 Å². The molecule has 3 rings (SSSR count). The Hall–Kier alpha value is -3.34. The Bertz CT molecular complexity index is 1150. The van der Waals surface area contributed by atoms with Gasteiger partial charge in [-0.05, 0) is 76.4 Å². The second kappa shape index (κ2) is 11.4. The molecule has 186 valence electrons. The van der Waals surface area contributed by atoms with E-state index in [1.807, 2.05) is 42.5 Å². The molecule has 0 radical (unpaired) electrons. The number of carbonyl (C=O) groups is 1. The molecule has 0 aromatic heterocycles. The standard InChI is InChI=1S/C30H35FO4/c1-6-7-22(17-29(32)33)21-9-11-23(12-10-21)35-19-20-8-14-27(30(2,3)4)25(16-20)26-18-24(34-5)13-15-28(26)31/h8-16,18,22H,6-7,17,19H2,1-5H3,(H,32,33)/t22-/m0/s1. The van der Waals surface area contributed by atoms with Crippen molar-refractivity contribution in [3.63, 3.8) is 0 Å². The first kappa shape index (κ1) is 26.3. The van der Waals surface area contributed by atoms with Crippen LogP contribution in [-0.2, 0) is 16.8 Å². The van der Waals surface area contributed by atoms with Gasteiger partial charge in [0.2, 0.25) is 0 Å². The third kappa shape index (κ3) is 6.84. The molecule has 0 fully saturated rings. The molecule has 3 aromatic carbocycles. The highest BCUT2D eigenvalue weighted by atomic mass is 19.1. The van der Waals surface area contributed by atoms with Crippen LogP contribution in [0.25, 0.3) is 11.1 Å². The van der Waals surface area contributed by atoms with Crippen molar-refractivity contribution in [2.24, 2.45) is 0 Å². The predicted octanol–water partition coefficient (Wildman–Crippen LogP) is 7.74. The lowest BCUT2D eigenvalue weighted by Crippen LogP contribution is -2.13. The Morgan fingerprint density at radius 2 is 1.66 bits per heavy atom. The Labute approximate surface area is 207 Å². The number of hydrogen-bond donors (Lipinski definition) is 1. The van der Waals surface area contributed by atoms with Gasteiger partial charge < -0.3 is 14.6 Å². The second-order valence-corrected chi connectivity index (χ2v) is 9.92. The number of methoxy groups -OCH3 is 1. The lowest BCUT2D eigenvalue weighted by Gasteiger charge is -2.24. The zero-order valence-electron chi connectivity index (χ0n) is 21.2. The predicted molar refractivity (Wildman–Crippen MR) is 138 cm³/mol. The normalized spacial score (nSPS) is 12.3. The van der Waals surface area contributed by atoms with E-state index in [1.54, 1.807) is 19.2 Å². The van der Waals surface area contributed by atoms with E-state index in [0.29, 0.717) is 23.7 Å². The van der Waals surface area contributed by atoms with Crippen LogP contribution in [0.3, 0.4) is 0 Å². The van der Waals surface area contributed by atoms with E-state index in [-0.39, 0.29) is 23.6 Å². The first-order valence-corrected chi connectivity index (χ1v) is 12.0. The molecule has 0 amide bonds. The average Bonchev–Trinajstić information content (AvgIpc) is 2.82. The van der Waals surface area contributed by atoms with Crippen molar-refractivity contribution in [2.75, 3.05) is 7.11 Å². The molecule has 0 aliphatic rings. The maximum absolute atomic E-state index is 14.9. The molecule has 35 heavy (non-hydrogen) atoms. The molecule has 0 aliphatic heterocycles. The summed E-state index contributed by atoms with van der Waals surface area (Å²) in [5.41, 5.74) is 4.12. The Balaban J connectivity index is 1.84. The van der Waals surface area contributed by atoms with Crippen LogP contribution in [0.2, 0.25) is 0 Å². The zero-order valence-corrected chi connectivity index (χ0v) is 21.2. The van der Waals surface area contributed by atoms with Crippen LogP contribution in [-0.4, -0.2) is 18.2 Å². The van der Waals surface area contributed by atoms with E-state index in [0.717, 1.165) is 35.1 Å². The average molecular weight is 479 g/mol. The number of rotatable bonds is 10. The summed E-state index contributed by atoms with van der Waals surface area (Å²) in [6.07, 6.45) is 1.88. The van der Waals surface area contributed by atoms with Crippen LogP contribution < -0.4 is 9.47 Å². The second-order valence-electron chi connectivity index (χ2n) is 9.92. The molecule has 0 saturated carbocycles. The number of ether oxygens (including phenoxy) is 2. The summed E-state index contributed by atoms with van der Waals surface area (Å²) in [6, 6.07) is 18.5. The molecule has 0 heterocycles. The smallest absolute Gasteiger partial charge is 0.303 e. The molecular formula is C30H35FO4. The molecule has 0 spiro atoms. The largest absolute Gasteiger partial charge is 0.497 e. The molecular weight excluding hydrogens is 443 g/mol. The van der Waals surface area contributed by atoms with Crippen molar-refractivity contribution in [3.05, 3.63) is 83.2 Å². The summed E-state index contributed by atoms with van der Waals surface area (Å²) in [5, 5.41) is 9.20. The van der Waals surface area contributed by atoms with Gasteiger partial charge in [-0.3, -0.25) is 4.79 Å². The lowest BCUT2D eigenvalue weighted by atomic mass is 9.81. The van der Waals surface area contributed by atoms with E-state index < -0.39 is 5.97 Å². The Morgan fingerprint density at radius 3 is 2.26 bits per heavy atom. The third-order valence-electron chi connectivity index (χ3n) is 6.17. The summed E-state index contributed by atoms with van der Waals surface area (Å²) in [6.45, 7) is 8.71. The topological polar surface area (TPSA) is 55.8 Å². The van der Waals surface area contributed by atoms with Crippen LogP contribution >= 0.6 is 0 Å². The van der Waals surface area contributed by atoms with Crippen LogP contribution in [0.15, 0.2) is 60.7 Å². The summed E-state index contributed by atoms with van der Waals surface area (Å²) in [5.74, 6) is 0.219. The molecule has 5 heteroatoms. The summed E-state index contributed by atoms with van der Waals surface area (Å²) < 4.78 is 26.2. The van der Waals surface area contributed by atoms with E-state index in [9.17, 15) is 14.3 Å². The minimum absolute atomic E-state index is 0.00295.